The number of nitrogens with zero attached hydrogens (tertiary/aromatic N) is 1. The molecule has 3 rings (SSSR count). The van der Waals surface area contributed by atoms with Gasteiger partial charge in [0, 0.05) is 36.6 Å². The third-order valence-electron chi connectivity index (χ3n) is 3.86. The van der Waals surface area contributed by atoms with Gasteiger partial charge in [-0.2, -0.15) is 0 Å². The molecule has 1 aliphatic carbocycles. The zero-order valence-corrected chi connectivity index (χ0v) is 13.3. The standard InChI is InChI=1S/C13H21N3O2S2/c1-14-8-12-4-5-13(19-12)20(17,18)15-10-6-7-16(9-10)11-2-3-11/h4-5,10-11,14-15H,2-3,6-9H2,1H3. The first-order valence-corrected chi connectivity index (χ1v) is 9.38. The van der Waals surface area contributed by atoms with E-state index in [0.717, 1.165) is 24.4 Å². The molecule has 1 aromatic rings. The maximum Gasteiger partial charge on any atom is 0.250 e. The van der Waals surface area contributed by atoms with Crippen LogP contribution in [0.1, 0.15) is 24.1 Å². The highest BCUT2D eigenvalue weighted by Crippen LogP contribution is 2.30. The first kappa shape index (κ1) is 14.5. The second kappa shape index (κ2) is 5.73. The summed E-state index contributed by atoms with van der Waals surface area (Å²) in [6.07, 6.45) is 3.47. The van der Waals surface area contributed by atoms with Crippen molar-refractivity contribution in [1.29, 1.82) is 0 Å². The second-order valence-corrected chi connectivity index (χ2v) is 8.69. The molecule has 1 aliphatic heterocycles. The lowest BCUT2D eigenvalue weighted by Gasteiger charge is -2.15. The summed E-state index contributed by atoms with van der Waals surface area (Å²) in [5.41, 5.74) is 0. The Labute approximate surface area is 124 Å². The van der Waals surface area contributed by atoms with E-state index < -0.39 is 10.0 Å². The monoisotopic (exact) mass is 315 g/mol. The Morgan fingerprint density at radius 3 is 2.85 bits per heavy atom. The molecular weight excluding hydrogens is 294 g/mol. The Morgan fingerprint density at radius 2 is 2.15 bits per heavy atom. The topological polar surface area (TPSA) is 61.4 Å². The maximum atomic E-state index is 12.4. The molecule has 20 heavy (non-hydrogen) atoms. The van der Waals surface area contributed by atoms with Crippen molar-refractivity contribution in [2.45, 2.75) is 42.1 Å². The highest BCUT2D eigenvalue weighted by Gasteiger charge is 2.36. The average molecular weight is 315 g/mol. The molecule has 1 atom stereocenters. The van der Waals surface area contributed by atoms with Crippen LogP contribution < -0.4 is 10.0 Å². The largest absolute Gasteiger partial charge is 0.315 e. The Bertz CT molecular complexity index is 566. The smallest absolute Gasteiger partial charge is 0.250 e. The van der Waals surface area contributed by atoms with Crippen molar-refractivity contribution in [3.05, 3.63) is 17.0 Å². The van der Waals surface area contributed by atoms with E-state index in [4.69, 9.17) is 0 Å². The van der Waals surface area contributed by atoms with Crippen molar-refractivity contribution >= 4 is 21.4 Å². The Morgan fingerprint density at radius 1 is 1.35 bits per heavy atom. The van der Waals surface area contributed by atoms with E-state index >= 15 is 0 Å². The molecular formula is C13H21N3O2S2. The van der Waals surface area contributed by atoms with E-state index in [1.807, 2.05) is 13.1 Å². The van der Waals surface area contributed by atoms with Crippen molar-refractivity contribution in [2.24, 2.45) is 0 Å². The van der Waals surface area contributed by atoms with Crippen LogP contribution >= 0.6 is 11.3 Å². The van der Waals surface area contributed by atoms with E-state index in [9.17, 15) is 8.42 Å². The molecule has 1 aromatic heterocycles. The zero-order chi connectivity index (χ0) is 14.2. The number of rotatable bonds is 6. The first-order valence-electron chi connectivity index (χ1n) is 7.08. The van der Waals surface area contributed by atoms with Gasteiger partial charge in [0.15, 0.2) is 0 Å². The lowest BCUT2D eigenvalue weighted by molar-refractivity contribution is 0.322. The van der Waals surface area contributed by atoms with Crippen molar-refractivity contribution in [1.82, 2.24) is 14.9 Å². The van der Waals surface area contributed by atoms with Gasteiger partial charge in [-0.1, -0.05) is 0 Å². The summed E-state index contributed by atoms with van der Waals surface area (Å²) in [6, 6.07) is 4.36. The molecule has 0 radical (unpaired) electrons. The van der Waals surface area contributed by atoms with E-state index in [2.05, 4.69) is 14.9 Å². The Balaban J connectivity index is 1.62. The number of likely N-dealkylation sites (tertiary alicyclic amines) is 1. The summed E-state index contributed by atoms with van der Waals surface area (Å²) in [7, 11) is -1.50. The maximum absolute atomic E-state index is 12.4. The fourth-order valence-electron chi connectivity index (χ4n) is 2.70. The summed E-state index contributed by atoms with van der Waals surface area (Å²) in [5, 5.41) is 3.04. The molecule has 0 amide bonds. The van der Waals surface area contributed by atoms with Crippen LogP contribution in [0.4, 0.5) is 0 Å². The van der Waals surface area contributed by atoms with Gasteiger partial charge in [-0.25, -0.2) is 13.1 Å². The van der Waals surface area contributed by atoms with Crippen molar-refractivity contribution in [3.63, 3.8) is 0 Å². The zero-order valence-electron chi connectivity index (χ0n) is 11.6. The molecule has 1 saturated heterocycles. The van der Waals surface area contributed by atoms with Crippen LogP contribution in [0, 0.1) is 0 Å². The molecule has 0 aromatic carbocycles. The van der Waals surface area contributed by atoms with Gasteiger partial charge in [0.25, 0.3) is 0 Å². The van der Waals surface area contributed by atoms with Crippen LogP contribution in [-0.2, 0) is 16.6 Å². The van der Waals surface area contributed by atoms with Gasteiger partial charge in [0.2, 0.25) is 10.0 Å². The molecule has 1 unspecified atom stereocenters. The van der Waals surface area contributed by atoms with Crippen LogP contribution in [-0.4, -0.2) is 45.5 Å². The van der Waals surface area contributed by atoms with Gasteiger partial charge < -0.3 is 5.32 Å². The fourth-order valence-corrected chi connectivity index (χ4v) is 5.35. The average Bonchev–Trinajstić information content (AvgIpc) is 2.95. The van der Waals surface area contributed by atoms with Crippen molar-refractivity contribution in [2.75, 3.05) is 20.1 Å². The molecule has 2 N–H and O–H groups in total. The Hall–Kier alpha value is -0.470. The van der Waals surface area contributed by atoms with Crippen LogP contribution in [0.5, 0.6) is 0 Å². The number of nitrogens with one attached hydrogen (secondary N) is 2. The molecule has 2 aliphatic rings. The number of hydrogen-bond donors (Lipinski definition) is 2. The van der Waals surface area contributed by atoms with Crippen molar-refractivity contribution in [3.8, 4) is 0 Å². The summed E-state index contributed by atoms with van der Waals surface area (Å²) >= 11 is 1.34. The quantitative estimate of drug-likeness (QED) is 0.822. The number of thiophene rings is 1. The third-order valence-corrected chi connectivity index (χ3v) is 6.96. The van der Waals surface area contributed by atoms with E-state index in [-0.39, 0.29) is 6.04 Å². The lowest BCUT2D eigenvalue weighted by atomic mass is 10.3. The highest BCUT2D eigenvalue weighted by atomic mass is 32.2. The number of sulfonamides is 1. The predicted molar refractivity (Wildman–Crippen MR) is 80.4 cm³/mol. The van der Waals surface area contributed by atoms with E-state index in [1.165, 1.54) is 24.2 Å². The molecule has 7 heteroatoms. The molecule has 0 spiro atoms. The molecule has 5 nitrogen and oxygen atoms in total. The third kappa shape index (κ3) is 3.23. The number of hydrogen-bond acceptors (Lipinski definition) is 5. The molecule has 2 heterocycles. The van der Waals surface area contributed by atoms with Gasteiger partial charge in [-0.05, 0) is 38.4 Å². The minimum atomic E-state index is -3.36. The van der Waals surface area contributed by atoms with Gasteiger partial charge in [0.1, 0.15) is 4.21 Å². The van der Waals surface area contributed by atoms with Gasteiger partial charge in [-0.15, -0.1) is 11.3 Å². The van der Waals surface area contributed by atoms with Gasteiger partial charge in [-0.3, -0.25) is 4.90 Å². The SMILES string of the molecule is CNCc1ccc(S(=O)(=O)NC2CCN(C3CC3)C2)s1. The first-order chi connectivity index (χ1) is 9.58. The van der Waals surface area contributed by atoms with Crippen LogP contribution in [0.15, 0.2) is 16.3 Å². The molecule has 2 fully saturated rings. The Kier molecular flexibility index (Phi) is 4.14. The highest BCUT2D eigenvalue weighted by molar-refractivity contribution is 7.91. The normalized spacial score (nSPS) is 24.4. The van der Waals surface area contributed by atoms with Crippen LogP contribution in [0.3, 0.4) is 0 Å². The fraction of sp³-hybridized carbons (Fsp3) is 0.692. The van der Waals surface area contributed by atoms with Crippen LogP contribution in [0.2, 0.25) is 0 Å². The molecule has 1 saturated carbocycles. The molecule has 112 valence electrons. The van der Waals surface area contributed by atoms with Gasteiger partial charge >= 0.3 is 0 Å². The summed E-state index contributed by atoms with van der Waals surface area (Å²) < 4.78 is 28.0. The van der Waals surface area contributed by atoms with E-state index in [1.54, 1.807) is 6.07 Å². The van der Waals surface area contributed by atoms with Gasteiger partial charge in [0.05, 0.1) is 0 Å². The second-order valence-electron chi connectivity index (χ2n) is 5.58. The van der Waals surface area contributed by atoms with Crippen LogP contribution in [0.25, 0.3) is 0 Å². The molecule has 0 bridgehead atoms. The predicted octanol–water partition coefficient (Wildman–Crippen LogP) is 0.982. The minimum Gasteiger partial charge on any atom is -0.315 e. The summed E-state index contributed by atoms with van der Waals surface area (Å²) in [6.45, 7) is 2.59. The minimum absolute atomic E-state index is 0.0652. The summed E-state index contributed by atoms with van der Waals surface area (Å²) in [4.78, 5) is 3.45. The van der Waals surface area contributed by atoms with E-state index in [0.29, 0.717) is 16.8 Å². The van der Waals surface area contributed by atoms with Crippen molar-refractivity contribution < 1.29 is 8.42 Å². The lowest BCUT2D eigenvalue weighted by Crippen LogP contribution is -2.37. The summed E-state index contributed by atoms with van der Waals surface area (Å²) in [5.74, 6) is 0.